The molecule has 6 rings (SSSR count). The van der Waals surface area contributed by atoms with E-state index in [1.54, 1.807) is 41.3 Å². The molecule has 1 amide bonds. The third-order valence-corrected chi connectivity index (χ3v) is 7.12. The minimum atomic E-state index is -1.78. The van der Waals surface area contributed by atoms with Crippen molar-refractivity contribution in [2.24, 2.45) is 5.73 Å². The van der Waals surface area contributed by atoms with Gasteiger partial charge in [0.15, 0.2) is 17.3 Å². The lowest BCUT2D eigenvalue weighted by molar-refractivity contribution is -0.138. The molecule has 3 N–H and O–H groups in total. The summed E-state index contributed by atoms with van der Waals surface area (Å²) in [5, 5.41) is 3.17. The number of carbonyl (C=O) groups is 3. The van der Waals surface area contributed by atoms with Gasteiger partial charge in [-0.1, -0.05) is 11.6 Å². The molecule has 1 spiro atoms. The Labute approximate surface area is 205 Å². The Morgan fingerprint density at radius 2 is 1.94 bits per heavy atom. The van der Waals surface area contributed by atoms with Crippen LogP contribution in [-0.2, 0) is 24.5 Å². The Balaban J connectivity index is 1.70. The van der Waals surface area contributed by atoms with Crippen molar-refractivity contribution in [3.63, 3.8) is 0 Å². The number of nitrogens with two attached hydrogens (primary N) is 1. The number of halogens is 1. The number of Topliss-reactive ketones (excluding diaryl/α,β-unsaturated/α-hetero) is 1. The molecule has 0 bridgehead atoms. The van der Waals surface area contributed by atoms with E-state index in [4.69, 9.17) is 31.5 Å². The van der Waals surface area contributed by atoms with Gasteiger partial charge in [-0.05, 0) is 43.2 Å². The average Bonchev–Trinajstić information content (AvgIpc) is 3.41. The number of methoxy groups -OCH3 is 1. The van der Waals surface area contributed by atoms with Gasteiger partial charge in [0.05, 0.1) is 12.8 Å². The molecular formula is C25H20ClN3O6. The molecule has 1 unspecified atom stereocenters. The third-order valence-electron chi connectivity index (χ3n) is 6.88. The molecule has 10 heteroatoms. The van der Waals surface area contributed by atoms with Gasteiger partial charge in [-0.3, -0.25) is 14.5 Å². The second-order valence-corrected chi connectivity index (χ2v) is 9.05. The Bertz CT molecular complexity index is 1410. The summed E-state index contributed by atoms with van der Waals surface area (Å²) < 4.78 is 16.1. The van der Waals surface area contributed by atoms with E-state index < -0.39 is 17.3 Å². The Morgan fingerprint density at radius 1 is 1.14 bits per heavy atom. The number of carbonyl (C=O) groups excluding carboxylic acids is 3. The summed E-state index contributed by atoms with van der Waals surface area (Å²) >= 11 is 6.32. The fourth-order valence-corrected chi connectivity index (χ4v) is 5.67. The van der Waals surface area contributed by atoms with Crippen LogP contribution in [0.1, 0.15) is 24.8 Å². The van der Waals surface area contributed by atoms with Crippen molar-refractivity contribution in [1.29, 1.82) is 0 Å². The second-order valence-electron chi connectivity index (χ2n) is 8.62. The molecule has 2 aromatic rings. The van der Waals surface area contributed by atoms with Crippen molar-refractivity contribution < 1.29 is 28.6 Å². The normalized spacial score (nSPS) is 22.4. The number of rotatable bonds is 2. The van der Waals surface area contributed by atoms with Crippen molar-refractivity contribution in [1.82, 2.24) is 0 Å². The molecule has 1 aliphatic carbocycles. The number of esters is 1. The van der Waals surface area contributed by atoms with Crippen molar-refractivity contribution in [2.75, 3.05) is 24.1 Å². The summed E-state index contributed by atoms with van der Waals surface area (Å²) in [5.74, 6) is -0.533. The number of ketones is 1. The maximum atomic E-state index is 13.8. The third kappa shape index (κ3) is 2.78. The highest BCUT2D eigenvalue weighted by Gasteiger charge is 2.62. The van der Waals surface area contributed by atoms with Gasteiger partial charge in [0.25, 0.3) is 0 Å². The molecule has 0 fully saturated rings. The zero-order valence-corrected chi connectivity index (χ0v) is 19.4. The molecule has 3 heterocycles. The van der Waals surface area contributed by atoms with Crippen LogP contribution in [0.5, 0.6) is 11.5 Å². The summed E-state index contributed by atoms with van der Waals surface area (Å²) in [7, 11) is 1.21. The summed E-state index contributed by atoms with van der Waals surface area (Å²) in [6.45, 7) is 0.0881. The predicted molar refractivity (Wildman–Crippen MR) is 126 cm³/mol. The number of anilines is 2. The zero-order valence-electron chi connectivity index (χ0n) is 18.6. The van der Waals surface area contributed by atoms with Crippen molar-refractivity contribution in [2.45, 2.75) is 24.7 Å². The monoisotopic (exact) mass is 493 g/mol. The smallest absolute Gasteiger partial charge is 0.339 e. The van der Waals surface area contributed by atoms with E-state index in [2.05, 4.69) is 5.32 Å². The standard InChI is InChI=1S/C25H20ClN3O6/c1-33-23(31)21-22(27)29(13-6-8-18-19(10-13)35-11-34-18)16-3-2-4-17(30)20(16)25(21)14-9-12(26)5-7-15(14)28-24(25)32/h5-10H,2-4,11,27H2,1H3,(H,28,32). The lowest BCUT2D eigenvalue weighted by Crippen LogP contribution is -2.53. The van der Waals surface area contributed by atoms with Crippen LogP contribution in [0.3, 0.4) is 0 Å². The molecule has 0 radical (unpaired) electrons. The SMILES string of the molecule is COC(=O)C1=C(N)N(c2ccc3c(c2)OCO3)C2=C(C(=O)CCC2)C12C(=O)Nc1ccc(Cl)cc12. The van der Waals surface area contributed by atoms with Crippen LogP contribution in [-0.4, -0.2) is 31.6 Å². The van der Waals surface area contributed by atoms with Gasteiger partial charge >= 0.3 is 5.97 Å². The minimum Gasteiger partial charge on any atom is -0.466 e. The van der Waals surface area contributed by atoms with Gasteiger partial charge in [0.1, 0.15) is 16.8 Å². The molecule has 3 aliphatic heterocycles. The summed E-state index contributed by atoms with van der Waals surface area (Å²) in [6, 6.07) is 10.1. The molecule has 1 atom stereocenters. The Hall–Kier alpha value is -3.98. The fraction of sp³-hybridized carbons (Fsp3) is 0.240. The second kappa shape index (κ2) is 7.51. The number of nitrogens with zero attached hydrogens (tertiary/aromatic N) is 1. The summed E-state index contributed by atoms with van der Waals surface area (Å²) in [6.07, 6.45) is 1.27. The first-order chi connectivity index (χ1) is 16.9. The van der Waals surface area contributed by atoms with Crippen LogP contribution in [0.15, 0.2) is 59.1 Å². The maximum absolute atomic E-state index is 13.8. The van der Waals surface area contributed by atoms with E-state index in [9.17, 15) is 14.4 Å². The number of fused-ring (bicyclic) bond motifs is 4. The molecule has 2 aromatic carbocycles. The molecule has 0 saturated heterocycles. The van der Waals surface area contributed by atoms with Crippen LogP contribution < -0.4 is 25.4 Å². The highest BCUT2D eigenvalue weighted by molar-refractivity contribution is 6.31. The maximum Gasteiger partial charge on any atom is 0.339 e. The molecule has 4 aliphatic rings. The number of hydrogen-bond acceptors (Lipinski definition) is 8. The minimum absolute atomic E-state index is 0.00728. The molecule has 0 saturated carbocycles. The van der Waals surface area contributed by atoms with Crippen LogP contribution >= 0.6 is 11.6 Å². The van der Waals surface area contributed by atoms with E-state index in [0.29, 0.717) is 52.0 Å². The van der Waals surface area contributed by atoms with Crippen molar-refractivity contribution in [3.8, 4) is 11.5 Å². The number of allylic oxidation sites excluding steroid dienone is 1. The number of ether oxygens (including phenoxy) is 3. The summed E-state index contributed by atoms with van der Waals surface area (Å²) in [4.78, 5) is 42.4. The van der Waals surface area contributed by atoms with E-state index in [0.717, 1.165) is 0 Å². The number of hydrogen-bond donors (Lipinski definition) is 2. The molecule has 35 heavy (non-hydrogen) atoms. The fourth-order valence-electron chi connectivity index (χ4n) is 5.50. The van der Waals surface area contributed by atoms with Gasteiger partial charge in [-0.15, -0.1) is 0 Å². The highest BCUT2D eigenvalue weighted by atomic mass is 35.5. The lowest BCUT2D eigenvalue weighted by atomic mass is 9.63. The summed E-state index contributed by atoms with van der Waals surface area (Å²) in [5.41, 5.74) is 6.97. The van der Waals surface area contributed by atoms with E-state index in [1.807, 2.05) is 0 Å². The lowest BCUT2D eigenvalue weighted by Gasteiger charge is -2.44. The largest absolute Gasteiger partial charge is 0.466 e. The molecule has 178 valence electrons. The first-order valence-corrected chi connectivity index (χ1v) is 11.4. The Kier molecular flexibility index (Phi) is 4.62. The van der Waals surface area contributed by atoms with Crippen LogP contribution in [0.4, 0.5) is 11.4 Å². The number of amides is 1. The van der Waals surface area contributed by atoms with Gasteiger partial charge in [-0.2, -0.15) is 0 Å². The first-order valence-electron chi connectivity index (χ1n) is 11.0. The van der Waals surface area contributed by atoms with E-state index in [-0.39, 0.29) is 36.0 Å². The highest BCUT2D eigenvalue weighted by Crippen LogP contribution is 2.56. The van der Waals surface area contributed by atoms with E-state index in [1.165, 1.54) is 7.11 Å². The molecular weight excluding hydrogens is 474 g/mol. The van der Waals surface area contributed by atoms with Gasteiger partial charge in [0, 0.05) is 40.0 Å². The molecule has 9 nitrogen and oxygen atoms in total. The first kappa shape index (κ1) is 21.5. The van der Waals surface area contributed by atoms with Gasteiger partial charge < -0.3 is 25.3 Å². The van der Waals surface area contributed by atoms with Crippen molar-refractivity contribution in [3.05, 3.63) is 69.6 Å². The van der Waals surface area contributed by atoms with Crippen molar-refractivity contribution >= 4 is 40.6 Å². The van der Waals surface area contributed by atoms with E-state index >= 15 is 0 Å². The quantitative estimate of drug-likeness (QED) is 0.612. The van der Waals surface area contributed by atoms with Gasteiger partial charge in [-0.25, -0.2) is 4.79 Å². The van der Waals surface area contributed by atoms with Crippen LogP contribution in [0.2, 0.25) is 5.02 Å². The van der Waals surface area contributed by atoms with Crippen LogP contribution in [0.25, 0.3) is 0 Å². The Morgan fingerprint density at radius 3 is 2.74 bits per heavy atom. The van der Waals surface area contributed by atoms with Crippen LogP contribution in [0, 0.1) is 0 Å². The number of nitrogens with one attached hydrogen (secondary N) is 1. The molecule has 0 aromatic heterocycles. The topological polar surface area (TPSA) is 120 Å². The van der Waals surface area contributed by atoms with Gasteiger partial charge in [0.2, 0.25) is 12.7 Å². The zero-order chi connectivity index (χ0) is 24.5. The predicted octanol–water partition coefficient (Wildman–Crippen LogP) is 3.13. The number of benzene rings is 2. The average molecular weight is 494 g/mol.